The van der Waals surface area contributed by atoms with Crippen LogP contribution in [-0.4, -0.2) is 45.0 Å². The molecule has 1 N–H and O–H groups in total. The van der Waals surface area contributed by atoms with Gasteiger partial charge in [0.25, 0.3) is 0 Å². The fraction of sp³-hybridized carbons (Fsp3) is 0.391. The van der Waals surface area contributed by atoms with Crippen molar-refractivity contribution in [2.24, 2.45) is 0 Å². The van der Waals surface area contributed by atoms with Gasteiger partial charge in [-0.1, -0.05) is 60.7 Å². The van der Waals surface area contributed by atoms with Gasteiger partial charge < -0.3 is 9.84 Å². The summed E-state index contributed by atoms with van der Waals surface area (Å²) in [6.45, 7) is 5.80. The molecule has 1 fully saturated rings. The molecule has 0 saturated carbocycles. The fourth-order valence-corrected chi connectivity index (χ4v) is 4.47. The van der Waals surface area contributed by atoms with E-state index in [1.165, 1.54) is 5.56 Å². The van der Waals surface area contributed by atoms with Crippen molar-refractivity contribution in [2.45, 2.75) is 49.5 Å². The normalized spacial score (nSPS) is 20.5. The second-order valence-corrected chi connectivity index (χ2v) is 9.40. The van der Waals surface area contributed by atoms with E-state index in [1.54, 1.807) is 37.4 Å². The molecule has 1 aliphatic heterocycles. The summed E-state index contributed by atoms with van der Waals surface area (Å²) in [6, 6.07) is 19.3. The van der Waals surface area contributed by atoms with Gasteiger partial charge >= 0.3 is 11.9 Å². The van der Waals surface area contributed by atoms with E-state index in [2.05, 4.69) is 0 Å². The van der Waals surface area contributed by atoms with Crippen molar-refractivity contribution in [1.82, 2.24) is 4.90 Å². The first-order chi connectivity index (χ1) is 13.7. The number of carboxylic acid groups (broad SMARTS) is 1. The van der Waals surface area contributed by atoms with E-state index in [4.69, 9.17) is 4.74 Å². The van der Waals surface area contributed by atoms with Gasteiger partial charge in [0.05, 0.1) is 5.37 Å². The lowest BCUT2D eigenvalue weighted by atomic mass is 9.90. The molecule has 0 aromatic heterocycles. The summed E-state index contributed by atoms with van der Waals surface area (Å²) in [5.41, 5.74) is -0.537. The SMILES string of the molecule is CC(C)(C)OC(=O)C(Cc1ccccc1)(C(=O)O)N1C[C@@H]1SCc1ccccc1. The molecule has 0 radical (unpaired) electrons. The largest absolute Gasteiger partial charge is 0.479 e. The minimum absolute atomic E-state index is 0.0393. The van der Waals surface area contributed by atoms with Crippen LogP contribution in [0.5, 0.6) is 0 Å². The number of hydrogen-bond donors (Lipinski definition) is 1. The van der Waals surface area contributed by atoms with Crippen LogP contribution in [0.25, 0.3) is 0 Å². The molecule has 1 aliphatic rings. The Morgan fingerprint density at radius 1 is 1.03 bits per heavy atom. The first-order valence-electron chi connectivity index (χ1n) is 9.65. The van der Waals surface area contributed by atoms with E-state index < -0.39 is 23.1 Å². The highest BCUT2D eigenvalue weighted by Gasteiger charge is 2.61. The smallest absolute Gasteiger partial charge is 0.339 e. The van der Waals surface area contributed by atoms with Crippen LogP contribution >= 0.6 is 11.8 Å². The highest BCUT2D eigenvalue weighted by Crippen LogP contribution is 2.41. The van der Waals surface area contributed by atoms with E-state index >= 15 is 0 Å². The summed E-state index contributed by atoms with van der Waals surface area (Å²) in [7, 11) is 0. The van der Waals surface area contributed by atoms with Gasteiger partial charge in [-0.05, 0) is 31.9 Å². The summed E-state index contributed by atoms with van der Waals surface area (Å²) in [6.07, 6.45) is 0.0699. The van der Waals surface area contributed by atoms with Gasteiger partial charge in [-0.2, -0.15) is 0 Å². The molecule has 29 heavy (non-hydrogen) atoms. The molecule has 3 atom stereocenters. The number of carbonyl (C=O) groups is 2. The minimum Gasteiger partial charge on any atom is -0.479 e. The number of hydrogen-bond acceptors (Lipinski definition) is 5. The van der Waals surface area contributed by atoms with Crippen molar-refractivity contribution in [2.75, 3.05) is 6.54 Å². The molecule has 0 aliphatic carbocycles. The molecule has 6 heteroatoms. The first-order valence-corrected chi connectivity index (χ1v) is 10.7. The number of rotatable bonds is 8. The van der Waals surface area contributed by atoms with Crippen LogP contribution in [0, 0.1) is 0 Å². The Morgan fingerprint density at radius 3 is 2.10 bits per heavy atom. The van der Waals surface area contributed by atoms with E-state index in [-0.39, 0.29) is 11.8 Å². The topological polar surface area (TPSA) is 66.6 Å². The second kappa shape index (κ2) is 8.59. The van der Waals surface area contributed by atoms with Gasteiger partial charge in [0, 0.05) is 18.7 Å². The molecule has 1 heterocycles. The molecular formula is C23H27NO4S. The summed E-state index contributed by atoms with van der Waals surface area (Å²) >= 11 is 1.65. The standard InChI is InChI=1S/C23H27NO4S/c1-22(2,3)28-21(27)23(20(25)26,14-17-10-6-4-7-11-17)24-15-19(24)29-16-18-12-8-5-9-13-18/h4-13,19H,14-16H2,1-3H3,(H,25,26)/t19-,23?,24?/m0/s1. The molecule has 1 saturated heterocycles. The van der Waals surface area contributed by atoms with Gasteiger partial charge in [0.15, 0.2) is 0 Å². The van der Waals surface area contributed by atoms with Gasteiger partial charge in [0.2, 0.25) is 5.54 Å². The number of aliphatic carboxylic acids is 1. The zero-order valence-electron chi connectivity index (χ0n) is 17.0. The van der Waals surface area contributed by atoms with Crippen LogP contribution in [-0.2, 0) is 26.5 Å². The van der Waals surface area contributed by atoms with E-state index in [9.17, 15) is 14.7 Å². The lowest BCUT2D eigenvalue weighted by molar-refractivity contribution is -0.175. The Labute approximate surface area is 176 Å². The summed E-state index contributed by atoms with van der Waals surface area (Å²) < 4.78 is 5.58. The number of benzene rings is 2. The highest BCUT2D eigenvalue weighted by atomic mass is 32.2. The molecule has 5 nitrogen and oxygen atoms in total. The molecule has 3 rings (SSSR count). The number of carbonyl (C=O) groups excluding carboxylic acids is 1. The van der Waals surface area contributed by atoms with Crippen LogP contribution in [0.4, 0.5) is 0 Å². The third-order valence-corrected chi connectivity index (χ3v) is 6.02. The third-order valence-electron chi connectivity index (χ3n) is 4.74. The maximum atomic E-state index is 13.2. The summed E-state index contributed by atoms with van der Waals surface area (Å²) in [4.78, 5) is 27.4. The molecule has 2 aromatic carbocycles. The van der Waals surface area contributed by atoms with Crippen molar-refractivity contribution >= 4 is 23.7 Å². The molecule has 2 aromatic rings. The quantitative estimate of drug-likeness (QED) is 0.401. The summed E-state index contributed by atoms with van der Waals surface area (Å²) in [5.74, 6) is -1.11. The zero-order chi connectivity index (χ0) is 21.1. The molecule has 0 spiro atoms. The maximum Gasteiger partial charge on any atom is 0.339 e. The molecule has 154 valence electrons. The van der Waals surface area contributed by atoms with Crippen LogP contribution in [0.3, 0.4) is 0 Å². The van der Waals surface area contributed by atoms with Gasteiger partial charge in [-0.15, -0.1) is 11.8 Å². The van der Waals surface area contributed by atoms with Crippen molar-refractivity contribution in [3.63, 3.8) is 0 Å². The Balaban J connectivity index is 1.84. The lowest BCUT2D eigenvalue weighted by Gasteiger charge is -2.33. The maximum absolute atomic E-state index is 13.2. The Hall–Kier alpha value is -2.31. The molecule has 0 amide bonds. The Morgan fingerprint density at radius 2 is 1.59 bits per heavy atom. The number of esters is 1. The zero-order valence-corrected chi connectivity index (χ0v) is 17.8. The Kier molecular flexibility index (Phi) is 6.34. The molecule has 2 unspecified atom stereocenters. The van der Waals surface area contributed by atoms with Gasteiger partial charge in [0.1, 0.15) is 5.60 Å². The van der Waals surface area contributed by atoms with Crippen LogP contribution in [0.1, 0.15) is 31.9 Å². The van der Waals surface area contributed by atoms with Crippen molar-refractivity contribution in [1.29, 1.82) is 0 Å². The Bertz CT molecular complexity index is 850. The molecular weight excluding hydrogens is 386 g/mol. The van der Waals surface area contributed by atoms with Crippen LogP contribution in [0.2, 0.25) is 0 Å². The minimum atomic E-state index is -1.73. The van der Waals surface area contributed by atoms with Crippen LogP contribution < -0.4 is 0 Å². The number of thioether (sulfide) groups is 1. The number of nitrogens with zero attached hydrogens (tertiary/aromatic N) is 1. The van der Waals surface area contributed by atoms with Crippen molar-refractivity contribution in [3.05, 3.63) is 71.8 Å². The highest BCUT2D eigenvalue weighted by molar-refractivity contribution is 7.99. The van der Waals surface area contributed by atoms with Crippen molar-refractivity contribution in [3.8, 4) is 0 Å². The summed E-state index contributed by atoms with van der Waals surface area (Å²) in [5, 5.41) is 10.2. The van der Waals surface area contributed by atoms with E-state index in [1.807, 2.05) is 60.7 Å². The molecule has 0 bridgehead atoms. The van der Waals surface area contributed by atoms with Gasteiger partial charge in [-0.3, -0.25) is 4.90 Å². The predicted octanol–water partition coefficient (Wildman–Crippen LogP) is 3.97. The first kappa shape index (κ1) is 21.4. The fourth-order valence-electron chi connectivity index (χ4n) is 3.26. The van der Waals surface area contributed by atoms with Gasteiger partial charge in [-0.25, -0.2) is 9.59 Å². The van der Waals surface area contributed by atoms with Crippen LogP contribution in [0.15, 0.2) is 60.7 Å². The second-order valence-electron chi connectivity index (χ2n) is 8.23. The van der Waals surface area contributed by atoms with Crippen molar-refractivity contribution < 1.29 is 19.4 Å². The lowest BCUT2D eigenvalue weighted by Crippen LogP contribution is -2.57. The number of ether oxygens (including phenoxy) is 1. The van der Waals surface area contributed by atoms with E-state index in [0.29, 0.717) is 6.54 Å². The van der Waals surface area contributed by atoms with E-state index in [0.717, 1.165) is 11.3 Å². The number of carboxylic acids is 1. The monoisotopic (exact) mass is 413 g/mol. The third kappa shape index (κ3) is 5.19. The predicted molar refractivity (Wildman–Crippen MR) is 115 cm³/mol. The average molecular weight is 414 g/mol. The average Bonchev–Trinajstić information content (AvgIpc) is 3.44.